The number of hydrogen-bond acceptors (Lipinski definition) is 5. The molecule has 1 heterocycles. The molecule has 0 aliphatic carbocycles. The highest BCUT2D eigenvalue weighted by Crippen LogP contribution is 2.20. The van der Waals surface area contributed by atoms with Gasteiger partial charge in [0, 0.05) is 5.56 Å². The molecule has 0 amide bonds. The molecule has 2 aromatic carbocycles. The molecular formula is C18H19NO4S. The summed E-state index contributed by atoms with van der Waals surface area (Å²) in [4.78, 5) is 4.60. The summed E-state index contributed by atoms with van der Waals surface area (Å²) in [5, 5.41) is 0. The van der Waals surface area contributed by atoms with Crippen LogP contribution in [0.25, 0.3) is 0 Å². The number of benzene rings is 2. The molecular weight excluding hydrogens is 326 g/mol. The number of aryl methyl sites for hydroxylation is 1. The van der Waals surface area contributed by atoms with Crippen LogP contribution >= 0.6 is 0 Å². The molecule has 24 heavy (non-hydrogen) atoms. The summed E-state index contributed by atoms with van der Waals surface area (Å²) in [6.45, 7) is 3.70. The third-order valence-electron chi connectivity index (χ3n) is 3.85. The van der Waals surface area contributed by atoms with E-state index in [9.17, 15) is 8.42 Å². The van der Waals surface area contributed by atoms with Crippen molar-refractivity contribution in [3.05, 3.63) is 65.7 Å². The molecule has 0 saturated carbocycles. The zero-order valence-electron chi connectivity index (χ0n) is 13.5. The number of nitrogens with zero attached hydrogens (tertiary/aromatic N) is 1. The molecule has 0 fully saturated rings. The number of aliphatic imine (C=N–C) groups is 1. The van der Waals surface area contributed by atoms with E-state index in [2.05, 4.69) is 4.99 Å². The molecule has 2 atom stereocenters. The average Bonchev–Trinajstić information content (AvgIpc) is 2.95. The van der Waals surface area contributed by atoms with Gasteiger partial charge in [0.15, 0.2) is 0 Å². The van der Waals surface area contributed by atoms with Gasteiger partial charge in [0.25, 0.3) is 10.1 Å². The Labute approximate surface area is 142 Å². The molecule has 6 heteroatoms. The fourth-order valence-corrected chi connectivity index (χ4v) is 3.29. The Morgan fingerprint density at radius 2 is 1.75 bits per heavy atom. The van der Waals surface area contributed by atoms with E-state index in [0.29, 0.717) is 5.90 Å². The molecule has 2 unspecified atom stereocenters. The first kappa shape index (κ1) is 16.7. The monoisotopic (exact) mass is 345 g/mol. The Kier molecular flexibility index (Phi) is 4.69. The van der Waals surface area contributed by atoms with Gasteiger partial charge in [-0.1, -0.05) is 35.9 Å². The summed E-state index contributed by atoms with van der Waals surface area (Å²) >= 11 is 0. The molecule has 0 N–H and O–H groups in total. The van der Waals surface area contributed by atoms with Crippen LogP contribution in [0.3, 0.4) is 0 Å². The van der Waals surface area contributed by atoms with Crippen molar-refractivity contribution < 1.29 is 17.3 Å². The maximum absolute atomic E-state index is 12.2. The summed E-state index contributed by atoms with van der Waals surface area (Å²) in [6.07, 6.45) is -0.242. The van der Waals surface area contributed by atoms with E-state index in [0.717, 1.165) is 11.1 Å². The van der Waals surface area contributed by atoms with Gasteiger partial charge in [-0.25, -0.2) is 4.99 Å². The second kappa shape index (κ2) is 6.75. The van der Waals surface area contributed by atoms with E-state index in [1.54, 1.807) is 12.1 Å². The molecule has 5 nitrogen and oxygen atoms in total. The van der Waals surface area contributed by atoms with E-state index in [-0.39, 0.29) is 23.6 Å². The zero-order chi connectivity index (χ0) is 17.2. The second-order valence-electron chi connectivity index (χ2n) is 5.74. The fourth-order valence-electron chi connectivity index (χ4n) is 2.37. The minimum Gasteiger partial charge on any atom is -0.472 e. The molecule has 126 valence electrons. The van der Waals surface area contributed by atoms with Gasteiger partial charge in [0.2, 0.25) is 5.90 Å². The van der Waals surface area contributed by atoms with E-state index >= 15 is 0 Å². The summed E-state index contributed by atoms with van der Waals surface area (Å²) in [5.74, 6) is 0.518. The van der Waals surface area contributed by atoms with Crippen molar-refractivity contribution in [1.29, 1.82) is 0 Å². The van der Waals surface area contributed by atoms with Gasteiger partial charge >= 0.3 is 0 Å². The van der Waals surface area contributed by atoms with Crippen molar-refractivity contribution >= 4 is 16.0 Å². The standard InChI is InChI=1S/C18H19NO4S/c1-13-8-10-16(11-9-13)24(20,21)22-12-17-14(2)23-18(19-17)15-6-4-3-5-7-15/h3-11,14,17H,12H2,1-2H3. The Hall–Kier alpha value is -2.18. The summed E-state index contributed by atoms with van der Waals surface area (Å²) in [7, 11) is -3.79. The predicted molar refractivity (Wildman–Crippen MR) is 91.6 cm³/mol. The van der Waals surface area contributed by atoms with Gasteiger partial charge in [-0.3, -0.25) is 4.18 Å². The lowest BCUT2D eigenvalue weighted by Gasteiger charge is -2.13. The largest absolute Gasteiger partial charge is 0.472 e. The van der Waals surface area contributed by atoms with Crippen LogP contribution in [-0.2, 0) is 19.0 Å². The van der Waals surface area contributed by atoms with Crippen molar-refractivity contribution in [2.75, 3.05) is 6.61 Å². The Morgan fingerprint density at radius 1 is 1.08 bits per heavy atom. The van der Waals surface area contributed by atoms with E-state index in [4.69, 9.17) is 8.92 Å². The Morgan fingerprint density at radius 3 is 2.42 bits per heavy atom. The van der Waals surface area contributed by atoms with Crippen molar-refractivity contribution in [3.63, 3.8) is 0 Å². The summed E-state index contributed by atoms with van der Waals surface area (Å²) < 4.78 is 35.4. The maximum Gasteiger partial charge on any atom is 0.297 e. The van der Waals surface area contributed by atoms with Gasteiger partial charge in [0.05, 0.1) is 11.5 Å². The minimum absolute atomic E-state index is 0.0479. The lowest BCUT2D eigenvalue weighted by atomic mass is 10.2. The quantitative estimate of drug-likeness (QED) is 0.782. The van der Waals surface area contributed by atoms with Gasteiger partial charge < -0.3 is 4.74 Å². The molecule has 3 rings (SSSR count). The van der Waals surface area contributed by atoms with Crippen LogP contribution in [0.2, 0.25) is 0 Å². The molecule has 1 aliphatic heterocycles. The summed E-state index contributed by atoms with van der Waals surface area (Å²) in [5.41, 5.74) is 1.86. The average molecular weight is 345 g/mol. The molecule has 0 saturated heterocycles. The van der Waals surface area contributed by atoms with Gasteiger partial charge in [-0.15, -0.1) is 0 Å². The van der Waals surface area contributed by atoms with Crippen LogP contribution in [0.5, 0.6) is 0 Å². The highest BCUT2D eigenvalue weighted by molar-refractivity contribution is 7.86. The van der Waals surface area contributed by atoms with E-state index < -0.39 is 10.1 Å². The van der Waals surface area contributed by atoms with Crippen molar-refractivity contribution in [3.8, 4) is 0 Å². The van der Waals surface area contributed by atoms with Gasteiger partial charge in [-0.05, 0) is 38.1 Å². The number of rotatable bonds is 5. The number of ether oxygens (including phenoxy) is 1. The van der Waals surface area contributed by atoms with Gasteiger partial charge in [0.1, 0.15) is 12.1 Å². The third kappa shape index (κ3) is 3.66. The maximum atomic E-state index is 12.2. The van der Waals surface area contributed by atoms with Crippen LogP contribution in [-0.4, -0.2) is 33.1 Å². The fraction of sp³-hybridized carbons (Fsp3) is 0.278. The van der Waals surface area contributed by atoms with Crippen LogP contribution in [0.15, 0.2) is 64.5 Å². The predicted octanol–water partition coefficient (Wildman–Crippen LogP) is 2.93. The molecule has 0 radical (unpaired) electrons. The van der Waals surface area contributed by atoms with Crippen molar-refractivity contribution in [2.24, 2.45) is 4.99 Å². The highest BCUT2D eigenvalue weighted by atomic mass is 32.2. The Balaban J connectivity index is 1.70. The van der Waals surface area contributed by atoms with Crippen molar-refractivity contribution in [2.45, 2.75) is 30.9 Å². The summed E-state index contributed by atoms with van der Waals surface area (Å²) in [6, 6.07) is 15.7. The molecule has 0 bridgehead atoms. The van der Waals surface area contributed by atoms with Crippen LogP contribution < -0.4 is 0 Å². The normalized spacial score (nSPS) is 20.5. The first-order valence-corrected chi connectivity index (χ1v) is 9.12. The van der Waals surface area contributed by atoms with Crippen LogP contribution in [0.4, 0.5) is 0 Å². The van der Waals surface area contributed by atoms with E-state index in [1.807, 2.05) is 44.2 Å². The molecule has 2 aromatic rings. The van der Waals surface area contributed by atoms with Crippen molar-refractivity contribution in [1.82, 2.24) is 0 Å². The minimum atomic E-state index is -3.79. The van der Waals surface area contributed by atoms with E-state index in [1.165, 1.54) is 12.1 Å². The first-order chi connectivity index (χ1) is 11.5. The Bertz CT molecular complexity index is 829. The molecule has 1 aliphatic rings. The second-order valence-corrected chi connectivity index (χ2v) is 7.36. The first-order valence-electron chi connectivity index (χ1n) is 7.72. The lowest BCUT2D eigenvalue weighted by molar-refractivity contribution is 0.176. The van der Waals surface area contributed by atoms with Gasteiger partial charge in [-0.2, -0.15) is 8.42 Å². The third-order valence-corrected chi connectivity index (χ3v) is 5.14. The highest BCUT2D eigenvalue weighted by Gasteiger charge is 2.30. The smallest absolute Gasteiger partial charge is 0.297 e. The SMILES string of the molecule is Cc1ccc(S(=O)(=O)OCC2N=C(c3ccccc3)OC2C)cc1. The topological polar surface area (TPSA) is 65.0 Å². The zero-order valence-corrected chi connectivity index (χ0v) is 14.4. The molecule has 0 aromatic heterocycles. The van der Waals surface area contributed by atoms with Crippen LogP contribution in [0, 0.1) is 6.92 Å². The lowest BCUT2D eigenvalue weighted by Crippen LogP contribution is -2.25. The van der Waals surface area contributed by atoms with Crippen LogP contribution in [0.1, 0.15) is 18.1 Å². The molecule has 0 spiro atoms. The number of hydrogen-bond donors (Lipinski definition) is 0.